The summed E-state index contributed by atoms with van der Waals surface area (Å²) < 4.78 is 35.6. The first-order valence-corrected chi connectivity index (χ1v) is 12.6. The van der Waals surface area contributed by atoms with Crippen LogP contribution in [0.25, 0.3) is 0 Å². The fraction of sp³-hybridized carbons (Fsp3) is 0.500. The number of anilines is 1. The highest BCUT2D eigenvalue weighted by Crippen LogP contribution is 2.32. The molecule has 1 aromatic carbocycles. The number of nitrogens with one attached hydrogen (secondary N) is 1. The maximum atomic E-state index is 13.7. The van der Waals surface area contributed by atoms with E-state index in [9.17, 15) is 18.0 Å². The molecule has 33 heavy (non-hydrogen) atoms. The van der Waals surface area contributed by atoms with Crippen LogP contribution >= 0.6 is 0 Å². The third-order valence-corrected chi connectivity index (χ3v) is 8.65. The van der Waals surface area contributed by atoms with Crippen molar-refractivity contribution < 1.29 is 22.7 Å². The number of hydrogen-bond donors (Lipinski definition) is 1. The van der Waals surface area contributed by atoms with Gasteiger partial charge in [-0.05, 0) is 64.7 Å². The summed E-state index contributed by atoms with van der Waals surface area (Å²) in [6, 6.07) is 5.71. The largest absolute Gasteiger partial charge is 0.462 e. The summed E-state index contributed by atoms with van der Waals surface area (Å²) in [5.74, 6) is -1.33. The Morgan fingerprint density at radius 3 is 2.52 bits per heavy atom. The zero-order valence-electron chi connectivity index (χ0n) is 20.2. The zero-order chi connectivity index (χ0) is 24.5. The van der Waals surface area contributed by atoms with E-state index in [2.05, 4.69) is 5.32 Å². The average Bonchev–Trinajstić information content (AvgIpc) is 3.01. The molecule has 1 amide bonds. The van der Waals surface area contributed by atoms with Gasteiger partial charge in [-0.1, -0.05) is 12.1 Å². The summed E-state index contributed by atoms with van der Waals surface area (Å²) in [5, 5.41) is 2.96. The Hall–Kier alpha value is -2.65. The van der Waals surface area contributed by atoms with Gasteiger partial charge in [0.2, 0.25) is 15.9 Å². The Labute approximate surface area is 196 Å². The van der Waals surface area contributed by atoms with E-state index in [0.717, 1.165) is 16.8 Å². The van der Waals surface area contributed by atoms with Crippen molar-refractivity contribution in [3.63, 3.8) is 0 Å². The minimum atomic E-state index is -4.01. The number of carbonyl (C=O) groups is 2. The van der Waals surface area contributed by atoms with E-state index in [0.29, 0.717) is 30.8 Å². The van der Waals surface area contributed by atoms with Crippen molar-refractivity contribution in [2.24, 2.45) is 13.0 Å². The molecule has 180 valence electrons. The van der Waals surface area contributed by atoms with Crippen molar-refractivity contribution >= 4 is 27.6 Å². The lowest BCUT2D eigenvalue weighted by Gasteiger charge is -2.31. The SMILES string of the molecule is CCOC(=O)c1c(S(=O)(=O)N2CCCC(C(=O)Nc3cccc(C)c3C)C2)c(C)n(C)c1C. The lowest BCUT2D eigenvalue weighted by Crippen LogP contribution is -2.44. The minimum Gasteiger partial charge on any atom is -0.462 e. The molecule has 9 heteroatoms. The summed E-state index contributed by atoms with van der Waals surface area (Å²) >= 11 is 0. The fourth-order valence-electron chi connectivity index (χ4n) is 4.30. The number of aromatic nitrogens is 1. The zero-order valence-corrected chi connectivity index (χ0v) is 21.0. The Morgan fingerprint density at radius 1 is 1.15 bits per heavy atom. The third-order valence-electron chi connectivity index (χ3n) is 6.62. The first-order chi connectivity index (χ1) is 15.5. The number of esters is 1. The molecule has 2 heterocycles. The molecule has 1 saturated heterocycles. The highest BCUT2D eigenvalue weighted by molar-refractivity contribution is 7.89. The Morgan fingerprint density at radius 2 is 1.85 bits per heavy atom. The van der Waals surface area contributed by atoms with Gasteiger partial charge in [-0.3, -0.25) is 4.79 Å². The van der Waals surface area contributed by atoms with Gasteiger partial charge in [-0.25, -0.2) is 13.2 Å². The lowest BCUT2D eigenvalue weighted by molar-refractivity contribution is -0.120. The summed E-state index contributed by atoms with van der Waals surface area (Å²) in [6.45, 7) is 9.49. The van der Waals surface area contributed by atoms with Gasteiger partial charge >= 0.3 is 5.97 Å². The number of carbonyl (C=O) groups excluding carboxylic acids is 2. The van der Waals surface area contributed by atoms with Crippen LogP contribution in [0.1, 0.15) is 52.6 Å². The molecule has 1 aromatic heterocycles. The van der Waals surface area contributed by atoms with E-state index in [1.807, 2.05) is 32.0 Å². The van der Waals surface area contributed by atoms with E-state index < -0.39 is 21.9 Å². The van der Waals surface area contributed by atoms with Gasteiger partial charge in [0.15, 0.2) is 0 Å². The smallest absolute Gasteiger partial charge is 0.341 e. The summed E-state index contributed by atoms with van der Waals surface area (Å²) in [5.41, 5.74) is 3.86. The average molecular weight is 476 g/mol. The summed E-state index contributed by atoms with van der Waals surface area (Å²) in [6.07, 6.45) is 1.16. The Bertz CT molecular complexity index is 1180. The predicted molar refractivity (Wildman–Crippen MR) is 127 cm³/mol. The number of sulfonamides is 1. The number of nitrogens with zero attached hydrogens (tertiary/aromatic N) is 2. The van der Waals surface area contributed by atoms with Crippen molar-refractivity contribution in [1.29, 1.82) is 0 Å². The highest BCUT2D eigenvalue weighted by atomic mass is 32.2. The fourth-order valence-corrected chi connectivity index (χ4v) is 6.30. The molecule has 1 atom stereocenters. The van der Waals surface area contributed by atoms with Gasteiger partial charge in [-0.15, -0.1) is 0 Å². The normalized spacial score (nSPS) is 17.1. The molecule has 0 bridgehead atoms. The maximum Gasteiger partial charge on any atom is 0.341 e. The molecule has 2 aromatic rings. The van der Waals surface area contributed by atoms with Gasteiger partial charge in [0.25, 0.3) is 0 Å². The van der Waals surface area contributed by atoms with Crippen molar-refractivity contribution in [3.05, 3.63) is 46.3 Å². The summed E-state index contributed by atoms with van der Waals surface area (Å²) in [7, 11) is -2.29. The molecule has 0 aliphatic carbocycles. The van der Waals surface area contributed by atoms with Gasteiger partial charge in [0, 0.05) is 37.2 Å². The first kappa shape index (κ1) is 25.0. The number of ether oxygens (including phenoxy) is 1. The number of amides is 1. The van der Waals surface area contributed by atoms with Crippen LogP contribution in [0.3, 0.4) is 0 Å². The topological polar surface area (TPSA) is 97.7 Å². The Balaban J connectivity index is 1.89. The number of aryl methyl sites for hydroxylation is 1. The van der Waals surface area contributed by atoms with Crippen LogP contribution in [-0.4, -0.2) is 48.9 Å². The second kappa shape index (κ2) is 9.69. The molecule has 1 unspecified atom stereocenters. The lowest BCUT2D eigenvalue weighted by atomic mass is 9.98. The van der Waals surface area contributed by atoms with Crippen LogP contribution in [0.15, 0.2) is 23.1 Å². The van der Waals surface area contributed by atoms with E-state index in [-0.39, 0.29) is 29.5 Å². The minimum absolute atomic E-state index is 0.0310. The van der Waals surface area contributed by atoms with Crippen LogP contribution in [0.2, 0.25) is 0 Å². The molecule has 1 aliphatic rings. The van der Waals surface area contributed by atoms with E-state index in [1.54, 1.807) is 32.4 Å². The van der Waals surface area contributed by atoms with Gasteiger partial charge in [0.05, 0.1) is 12.5 Å². The quantitative estimate of drug-likeness (QED) is 0.645. The van der Waals surface area contributed by atoms with E-state index in [4.69, 9.17) is 4.74 Å². The van der Waals surface area contributed by atoms with Gasteiger partial charge in [-0.2, -0.15) is 4.31 Å². The van der Waals surface area contributed by atoms with Crippen molar-refractivity contribution in [3.8, 4) is 0 Å². The predicted octanol–water partition coefficient (Wildman–Crippen LogP) is 3.47. The monoisotopic (exact) mass is 475 g/mol. The standard InChI is InChI=1S/C24H33N3O5S/c1-7-32-24(29)21-17(4)26(6)18(5)22(21)33(30,31)27-13-9-11-19(14-27)23(28)25-20-12-8-10-15(2)16(20)3/h8,10,12,19H,7,9,11,13-14H2,1-6H3,(H,25,28). The van der Waals surface area contributed by atoms with Gasteiger partial charge in [0.1, 0.15) is 10.5 Å². The van der Waals surface area contributed by atoms with E-state index >= 15 is 0 Å². The molecule has 1 fully saturated rings. The Kier molecular flexibility index (Phi) is 7.33. The molecule has 8 nitrogen and oxygen atoms in total. The van der Waals surface area contributed by atoms with Crippen LogP contribution in [-0.2, 0) is 26.6 Å². The number of hydrogen-bond acceptors (Lipinski definition) is 5. The third kappa shape index (κ3) is 4.70. The van der Waals surface area contributed by atoms with E-state index in [1.165, 1.54) is 4.31 Å². The summed E-state index contributed by atoms with van der Waals surface area (Å²) in [4.78, 5) is 25.6. The second-order valence-corrected chi connectivity index (χ2v) is 10.5. The number of rotatable bonds is 6. The molecule has 3 rings (SSSR count). The molecular formula is C24H33N3O5S. The maximum absolute atomic E-state index is 13.7. The van der Waals surface area contributed by atoms with Crippen molar-refractivity contribution in [2.75, 3.05) is 25.0 Å². The molecule has 1 N–H and O–H groups in total. The van der Waals surface area contributed by atoms with Gasteiger partial charge < -0.3 is 14.6 Å². The molecule has 1 aliphatic heterocycles. The van der Waals surface area contributed by atoms with Crippen molar-refractivity contribution in [2.45, 2.75) is 52.4 Å². The van der Waals surface area contributed by atoms with Crippen LogP contribution < -0.4 is 5.32 Å². The number of piperidine rings is 1. The van der Waals surface area contributed by atoms with Crippen LogP contribution in [0.5, 0.6) is 0 Å². The second-order valence-electron chi connectivity index (χ2n) is 8.59. The molecule has 0 saturated carbocycles. The molecule has 0 radical (unpaired) electrons. The first-order valence-electron chi connectivity index (χ1n) is 11.2. The number of benzene rings is 1. The molecule has 0 spiro atoms. The van der Waals surface area contributed by atoms with Crippen LogP contribution in [0, 0.1) is 33.6 Å². The highest BCUT2D eigenvalue weighted by Gasteiger charge is 2.39. The van der Waals surface area contributed by atoms with Crippen molar-refractivity contribution in [1.82, 2.24) is 8.87 Å². The van der Waals surface area contributed by atoms with Crippen LogP contribution in [0.4, 0.5) is 5.69 Å². The molecular weight excluding hydrogens is 442 g/mol.